The largest absolute Gasteiger partial charge is 0.390 e. The first kappa shape index (κ1) is 18.9. The van der Waals surface area contributed by atoms with Gasteiger partial charge < -0.3 is 20.6 Å². The number of aliphatic hydroxyl groups excluding tert-OH is 1. The molecule has 1 aliphatic carbocycles. The van der Waals surface area contributed by atoms with Crippen LogP contribution in [0.25, 0.3) is 0 Å². The number of nitrogens with zero attached hydrogens (tertiary/aromatic N) is 2. The van der Waals surface area contributed by atoms with E-state index >= 15 is 0 Å². The molecule has 2 aromatic rings. The number of aliphatic hydroxyl groups is 1. The van der Waals surface area contributed by atoms with Crippen molar-refractivity contribution >= 4 is 17.1 Å². The molecule has 0 spiro atoms. The predicted octanol–water partition coefficient (Wildman–Crippen LogP) is 4.41. The molecule has 3 aliphatic rings. The predicted molar refractivity (Wildman–Crippen MR) is 122 cm³/mol. The monoisotopic (exact) mass is 400 g/mol. The number of allylic oxidation sites excluding steroid dienone is 4. The Balaban J connectivity index is 1.27. The highest BCUT2D eigenvalue weighted by molar-refractivity contribution is 5.67. The summed E-state index contributed by atoms with van der Waals surface area (Å²) in [6.45, 7) is 2.14. The maximum Gasteiger partial charge on any atom is 0.0853 e. The first-order valence-corrected chi connectivity index (χ1v) is 10.8. The van der Waals surface area contributed by atoms with E-state index in [1.165, 1.54) is 28.9 Å². The molecular weight excluding hydrogens is 372 g/mol. The molecule has 1 aromatic heterocycles. The third-order valence-corrected chi connectivity index (χ3v) is 6.26. The van der Waals surface area contributed by atoms with Crippen molar-refractivity contribution in [1.29, 1.82) is 0 Å². The molecule has 154 valence electrons. The van der Waals surface area contributed by atoms with Gasteiger partial charge in [-0.05, 0) is 73.2 Å². The third-order valence-electron chi connectivity index (χ3n) is 6.26. The van der Waals surface area contributed by atoms with Crippen molar-refractivity contribution in [2.75, 3.05) is 23.3 Å². The Labute approximate surface area is 177 Å². The van der Waals surface area contributed by atoms with E-state index in [0.717, 1.165) is 43.7 Å². The summed E-state index contributed by atoms with van der Waals surface area (Å²) >= 11 is 0. The minimum atomic E-state index is -0.0466. The van der Waals surface area contributed by atoms with Crippen molar-refractivity contribution in [2.45, 2.75) is 32.3 Å². The second-order valence-corrected chi connectivity index (χ2v) is 8.21. The van der Waals surface area contributed by atoms with Crippen LogP contribution in [0.1, 0.15) is 30.5 Å². The molecule has 0 saturated carbocycles. The Kier molecular flexibility index (Phi) is 5.28. The lowest BCUT2D eigenvalue weighted by Crippen LogP contribution is -2.30. The van der Waals surface area contributed by atoms with Crippen molar-refractivity contribution in [2.24, 2.45) is 5.92 Å². The summed E-state index contributed by atoms with van der Waals surface area (Å²) in [6.07, 6.45) is 15.1. The lowest BCUT2D eigenvalue weighted by atomic mass is 9.90. The molecule has 0 bridgehead atoms. The van der Waals surface area contributed by atoms with Crippen molar-refractivity contribution in [3.63, 3.8) is 0 Å². The number of benzene rings is 1. The summed E-state index contributed by atoms with van der Waals surface area (Å²) < 4.78 is 0. The highest BCUT2D eigenvalue weighted by atomic mass is 16.3. The number of rotatable bonds is 6. The van der Waals surface area contributed by atoms with Gasteiger partial charge in [0.15, 0.2) is 0 Å². The Morgan fingerprint density at radius 2 is 2.13 bits per heavy atom. The average molecular weight is 401 g/mol. The van der Waals surface area contributed by atoms with E-state index in [0.29, 0.717) is 11.6 Å². The number of fused-ring (bicyclic) bond motifs is 2. The van der Waals surface area contributed by atoms with Crippen molar-refractivity contribution in [3.05, 3.63) is 83.5 Å². The van der Waals surface area contributed by atoms with Crippen LogP contribution >= 0.6 is 0 Å². The number of pyridine rings is 1. The molecule has 0 fully saturated rings. The smallest absolute Gasteiger partial charge is 0.0853 e. The van der Waals surface area contributed by atoms with E-state index in [9.17, 15) is 5.11 Å². The zero-order chi connectivity index (χ0) is 20.3. The second kappa shape index (κ2) is 8.36. The molecule has 1 aromatic carbocycles. The van der Waals surface area contributed by atoms with E-state index < -0.39 is 0 Å². The fraction of sp³-hybridized carbons (Fsp3) is 0.320. The van der Waals surface area contributed by atoms with E-state index in [-0.39, 0.29) is 6.61 Å². The van der Waals surface area contributed by atoms with Crippen molar-refractivity contribution in [1.82, 2.24) is 10.3 Å². The zero-order valence-electron chi connectivity index (χ0n) is 17.1. The summed E-state index contributed by atoms with van der Waals surface area (Å²) in [5.74, 6) is 0.551. The molecule has 1 unspecified atom stereocenters. The fourth-order valence-electron chi connectivity index (χ4n) is 4.71. The van der Waals surface area contributed by atoms with Crippen molar-refractivity contribution in [3.8, 4) is 0 Å². The molecule has 30 heavy (non-hydrogen) atoms. The number of hydrogen-bond donors (Lipinski definition) is 3. The van der Waals surface area contributed by atoms with Gasteiger partial charge in [0, 0.05) is 54.2 Å². The minimum absolute atomic E-state index is 0.0466. The Bertz CT molecular complexity index is 1020. The molecule has 5 heteroatoms. The van der Waals surface area contributed by atoms with Gasteiger partial charge in [-0.3, -0.25) is 4.98 Å². The Morgan fingerprint density at radius 1 is 1.20 bits per heavy atom. The number of hydrogen-bond acceptors (Lipinski definition) is 5. The normalized spacial score (nSPS) is 19.5. The van der Waals surface area contributed by atoms with Crippen LogP contribution < -0.4 is 15.5 Å². The number of anilines is 3. The molecule has 5 nitrogen and oxygen atoms in total. The number of aryl methyl sites for hydroxylation is 1. The average Bonchev–Trinajstić information content (AvgIpc) is 3.21. The molecule has 0 saturated heterocycles. The third kappa shape index (κ3) is 3.85. The van der Waals surface area contributed by atoms with Crippen LogP contribution in [0.3, 0.4) is 0 Å². The van der Waals surface area contributed by atoms with Crippen LogP contribution in [0.15, 0.2) is 72.2 Å². The van der Waals surface area contributed by atoms with E-state index in [2.05, 4.69) is 63.1 Å². The maximum atomic E-state index is 9.30. The number of nitrogens with one attached hydrogen (secondary N) is 2. The van der Waals surface area contributed by atoms with Crippen LogP contribution in [0.2, 0.25) is 0 Å². The van der Waals surface area contributed by atoms with Crippen LogP contribution in [0.5, 0.6) is 0 Å². The maximum absolute atomic E-state index is 9.30. The standard InChI is InChI=1S/C25H28N4O/c30-17-22-15-21(9-11-26-22)28-20-7-8-25-18(14-20)4-3-12-29(25)13-10-19-16-27-24-6-2-1-5-23(19)24/h1-2,6-9,11,14-16,23,27,30H,3-5,10,12-13,17H2,(H,26,28). The summed E-state index contributed by atoms with van der Waals surface area (Å²) in [7, 11) is 0. The first-order chi connectivity index (χ1) is 14.8. The second-order valence-electron chi connectivity index (χ2n) is 8.21. The van der Waals surface area contributed by atoms with Gasteiger partial charge in [0.05, 0.1) is 12.3 Å². The van der Waals surface area contributed by atoms with Gasteiger partial charge in [0.2, 0.25) is 0 Å². The fourth-order valence-corrected chi connectivity index (χ4v) is 4.71. The van der Waals surface area contributed by atoms with Gasteiger partial charge in [0.25, 0.3) is 0 Å². The van der Waals surface area contributed by atoms with Crippen LogP contribution in [-0.4, -0.2) is 23.2 Å². The van der Waals surface area contributed by atoms with Gasteiger partial charge in [-0.2, -0.15) is 0 Å². The quantitative estimate of drug-likeness (QED) is 0.671. The summed E-state index contributed by atoms with van der Waals surface area (Å²) in [4.78, 5) is 6.69. The van der Waals surface area contributed by atoms with Gasteiger partial charge in [-0.1, -0.05) is 12.2 Å². The minimum Gasteiger partial charge on any atom is -0.390 e. The van der Waals surface area contributed by atoms with Crippen LogP contribution in [0, 0.1) is 5.92 Å². The van der Waals surface area contributed by atoms with Gasteiger partial charge in [0.1, 0.15) is 0 Å². The van der Waals surface area contributed by atoms with Gasteiger partial charge in [-0.25, -0.2) is 0 Å². The molecule has 0 radical (unpaired) electrons. The van der Waals surface area contributed by atoms with Crippen molar-refractivity contribution < 1.29 is 5.11 Å². The molecule has 0 amide bonds. The van der Waals surface area contributed by atoms with Gasteiger partial charge >= 0.3 is 0 Å². The molecule has 3 heterocycles. The summed E-state index contributed by atoms with van der Waals surface area (Å²) in [5.41, 5.74) is 8.35. The van der Waals surface area contributed by atoms with E-state index in [1.807, 2.05) is 12.1 Å². The molecule has 2 aliphatic heterocycles. The highest BCUT2D eigenvalue weighted by Gasteiger charge is 2.25. The Hall–Kier alpha value is -3.05. The first-order valence-electron chi connectivity index (χ1n) is 10.8. The Morgan fingerprint density at radius 3 is 3.07 bits per heavy atom. The summed E-state index contributed by atoms with van der Waals surface area (Å²) in [5, 5.41) is 16.2. The van der Waals surface area contributed by atoms with Crippen LogP contribution in [-0.2, 0) is 13.0 Å². The summed E-state index contributed by atoms with van der Waals surface area (Å²) in [6, 6.07) is 10.5. The van der Waals surface area contributed by atoms with Gasteiger partial charge in [-0.15, -0.1) is 0 Å². The molecule has 5 rings (SSSR count). The number of aromatic nitrogens is 1. The molecular formula is C25H28N4O. The lowest BCUT2D eigenvalue weighted by molar-refractivity contribution is 0.277. The highest BCUT2D eigenvalue weighted by Crippen LogP contribution is 2.35. The van der Waals surface area contributed by atoms with E-state index in [4.69, 9.17) is 0 Å². The molecule has 1 atom stereocenters. The van der Waals surface area contributed by atoms with Crippen LogP contribution in [0.4, 0.5) is 17.1 Å². The lowest BCUT2D eigenvalue weighted by Gasteiger charge is -2.32. The molecule has 3 N–H and O–H groups in total. The SMILES string of the molecule is OCc1cc(Nc2ccc3c(c2)CCCN3CCC2=CNC3=CC=CCC23)ccn1. The van der Waals surface area contributed by atoms with E-state index in [1.54, 1.807) is 6.20 Å². The zero-order valence-corrected chi connectivity index (χ0v) is 17.1. The topological polar surface area (TPSA) is 60.4 Å².